The Morgan fingerprint density at radius 1 is 1.17 bits per heavy atom. The monoisotopic (exact) mass is 500 g/mol. The van der Waals surface area contributed by atoms with Crippen molar-refractivity contribution in [1.82, 2.24) is 20.3 Å². The van der Waals surface area contributed by atoms with Gasteiger partial charge in [-0.05, 0) is 19.1 Å². The number of nitrogens with zero attached hydrogens (tertiary/aromatic N) is 3. The van der Waals surface area contributed by atoms with Crippen LogP contribution < -0.4 is 25.4 Å². The minimum absolute atomic E-state index is 0.0198. The number of amides is 1. The number of carbonyl (C=O) groups excluding carboxylic acids is 1. The maximum absolute atomic E-state index is 15.1. The topological polar surface area (TPSA) is 120 Å². The average Bonchev–Trinajstić information content (AvgIpc) is 3.30. The lowest BCUT2D eigenvalue weighted by Crippen LogP contribution is -2.45. The Balaban J connectivity index is 1.75. The van der Waals surface area contributed by atoms with Crippen LogP contribution in [0.3, 0.4) is 0 Å². The Morgan fingerprint density at radius 2 is 1.86 bits per heavy atom. The zero-order valence-electron chi connectivity index (χ0n) is 20.0. The molecule has 4 rings (SSSR count). The predicted octanol–water partition coefficient (Wildman–Crippen LogP) is 2.90. The summed E-state index contributed by atoms with van der Waals surface area (Å²) in [6, 6.07) is 2.07. The molecule has 190 valence electrons. The van der Waals surface area contributed by atoms with E-state index in [1.54, 1.807) is 0 Å². The van der Waals surface area contributed by atoms with Gasteiger partial charge in [0, 0.05) is 24.2 Å². The third-order valence-corrected chi connectivity index (χ3v) is 5.65. The lowest BCUT2D eigenvalue weighted by atomic mass is 10.1. The molecule has 36 heavy (non-hydrogen) atoms. The van der Waals surface area contributed by atoms with Crippen LogP contribution in [0, 0.1) is 11.6 Å². The summed E-state index contributed by atoms with van der Waals surface area (Å²) in [7, 11) is 2.56. The smallest absolute Gasteiger partial charge is 0.243 e. The lowest BCUT2D eigenvalue weighted by Gasteiger charge is -2.20. The lowest BCUT2D eigenvalue weighted by molar-refractivity contribution is -0.117. The number of methoxy groups -OCH3 is 2. The highest BCUT2D eigenvalue weighted by Crippen LogP contribution is 2.38. The molecular weight excluding hydrogens is 474 g/mol. The van der Waals surface area contributed by atoms with Gasteiger partial charge in [-0.1, -0.05) is 6.58 Å². The largest absolute Gasteiger partial charge is 0.494 e. The van der Waals surface area contributed by atoms with Crippen molar-refractivity contribution < 1.29 is 27.8 Å². The van der Waals surface area contributed by atoms with E-state index in [1.807, 2.05) is 6.92 Å². The molecule has 1 aromatic carbocycles. The first kappa shape index (κ1) is 25.0. The summed E-state index contributed by atoms with van der Waals surface area (Å²) < 4.78 is 45.8. The van der Waals surface area contributed by atoms with Gasteiger partial charge in [-0.25, -0.2) is 23.7 Å². The molecule has 3 aromatic rings. The summed E-state index contributed by atoms with van der Waals surface area (Å²) in [4.78, 5) is 25.1. The molecule has 1 aliphatic rings. The van der Waals surface area contributed by atoms with E-state index < -0.39 is 17.2 Å². The van der Waals surface area contributed by atoms with Crippen molar-refractivity contribution in [3.05, 3.63) is 42.6 Å². The van der Waals surface area contributed by atoms with E-state index in [9.17, 15) is 4.79 Å². The van der Waals surface area contributed by atoms with Gasteiger partial charge in [0.15, 0.2) is 29.0 Å². The Hall–Kier alpha value is -4.06. The number of benzene rings is 1. The van der Waals surface area contributed by atoms with E-state index in [4.69, 9.17) is 14.2 Å². The number of ether oxygens (including phenoxy) is 3. The minimum atomic E-state index is -0.904. The number of rotatable bonds is 9. The van der Waals surface area contributed by atoms with E-state index in [0.29, 0.717) is 36.5 Å². The van der Waals surface area contributed by atoms with Gasteiger partial charge in [-0.15, -0.1) is 0 Å². The Labute approximate surface area is 206 Å². The van der Waals surface area contributed by atoms with E-state index >= 15 is 8.78 Å². The number of pyridine rings is 1. The van der Waals surface area contributed by atoms with Crippen molar-refractivity contribution in [2.24, 2.45) is 0 Å². The number of fused-ring (bicyclic) bond motifs is 1. The van der Waals surface area contributed by atoms with E-state index in [0.717, 1.165) is 6.07 Å². The zero-order valence-corrected chi connectivity index (χ0v) is 20.0. The second kappa shape index (κ2) is 10.7. The Kier molecular flexibility index (Phi) is 7.44. The molecule has 2 aromatic heterocycles. The van der Waals surface area contributed by atoms with Crippen molar-refractivity contribution in [3.63, 3.8) is 0 Å². The molecule has 1 saturated heterocycles. The number of anilines is 2. The third-order valence-electron chi connectivity index (χ3n) is 5.65. The van der Waals surface area contributed by atoms with Crippen LogP contribution in [0.25, 0.3) is 22.2 Å². The number of hydrogen-bond donors (Lipinski definition) is 3. The molecule has 10 nitrogen and oxygen atoms in total. The highest BCUT2D eigenvalue weighted by atomic mass is 19.1. The summed E-state index contributed by atoms with van der Waals surface area (Å²) in [5.74, 6) is -1.88. The molecule has 2 atom stereocenters. The standard InChI is InChI=1S/C24H26F2N6O4/c1-5-18(33)29-14-10-36-11-15(14)31-24-28-9-12-7-13(30-23(27-6-2)22(12)32-24)19-20(25)16(34-3)8-17(35-4)21(19)26/h5,7-9,14-15H,1,6,10-11H2,2-4H3,(H,27,30)(H,29,33)(H,28,31,32)/t14-,15+/m0/s1. The number of aromatic nitrogens is 3. The maximum Gasteiger partial charge on any atom is 0.243 e. The van der Waals surface area contributed by atoms with Gasteiger partial charge in [-0.3, -0.25) is 4.79 Å². The Morgan fingerprint density at radius 3 is 2.50 bits per heavy atom. The summed E-state index contributed by atoms with van der Waals surface area (Å²) in [5, 5.41) is 9.57. The van der Waals surface area contributed by atoms with E-state index in [2.05, 4.69) is 37.5 Å². The molecule has 0 saturated carbocycles. The van der Waals surface area contributed by atoms with Crippen LogP contribution in [-0.4, -0.2) is 66.9 Å². The van der Waals surface area contributed by atoms with Crippen molar-refractivity contribution in [2.45, 2.75) is 19.0 Å². The number of carbonyl (C=O) groups is 1. The molecule has 3 N–H and O–H groups in total. The van der Waals surface area contributed by atoms with Crippen molar-refractivity contribution in [3.8, 4) is 22.8 Å². The molecule has 1 amide bonds. The fourth-order valence-corrected chi connectivity index (χ4v) is 3.88. The quantitative estimate of drug-likeness (QED) is 0.381. The molecule has 0 bridgehead atoms. The van der Waals surface area contributed by atoms with Crippen LogP contribution in [0.1, 0.15) is 6.92 Å². The summed E-state index contributed by atoms with van der Waals surface area (Å²) in [5.41, 5.74) is 0.0732. The first-order valence-corrected chi connectivity index (χ1v) is 11.2. The van der Waals surface area contributed by atoms with Crippen LogP contribution in [-0.2, 0) is 9.53 Å². The molecule has 3 heterocycles. The van der Waals surface area contributed by atoms with Gasteiger partial charge in [0.2, 0.25) is 11.9 Å². The SMILES string of the molecule is C=CC(=O)N[C@H]1COC[C@H]1Nc1ncc2cc(-c3c(F)c(OC)cc(OC)c3F)nc(NCC)c2n1. The van der Waals surface area contributed by atoms with Crippen LogP contribution in [0.15, 0.2) is 31.0 Å². The minimum Gasteiger partial charge on any atom is -0.494 e. The van der Waals surface area contributed by atoms with Crippen LogP contribution >= 0.6 is 0 Å². The van der Waals surface area contributed by atoms with Gasteiger partial charge in [0.1, 0.15) is 5.52 Å². The normalized spacial score (nSPS) is 17.0. The molecule has 0 radical (unpaired) electrons. The molecule has 0 unspecified atom stereocenters. The first-order valence-electron chi connectivity index (χ1n) is 11.2. The van der Waals surface area contributed by atoms with Gasteiger partial charge in [-0.2, -0.15) is 0 Å². The highest BCUT2D eigenvalue weighted by Gasteiger charge is 2.30. The number of hydrogen-bond acceptors (Lipinski definition) is 9. The molecular formula is C24H26F2N6O4. The molecule has 1 aliphatic heterocycles. The fraction of sp³-hybridized carbons (Fsp3) is 0.333. The average molecular weight is 501 g/mol. The first-order chi connectivity index (χ1) is 17.4. The van der Waals surface area contributed by atoms with Crippen LogP contribution in [0.4, 0.5) is 20.5 Å². The van der Waals surface area contributed by atoms with Crippen molar-refractivity contribution in [2.75, 3.05) is 44.6 Å². The molecule has 0 aliphatic carbocycles. The second-order valence-corrected chi connectivity index (χ2v) is 7.91. The molecule has 12 heteroatoms. The van der Waals surface area contributed by atoms with Gasteiger partial charge in [0.05, 0.1) is 50.8 Å². The highest BCUT2D eigenvalue weighted by molar-refractivity contribution is 5.92. The second-order valence-electron chi connectivity index (χ2n) is 7.91. The van der Waals surface area contributed by atoms with E-state index in [-0.39, 0.29) is 41.1 Å². The summed E-state index contributed by atoms with van der Waals surface area (Å²) >= 11 is 0. The number of nitrogens with one attached hydrogen (secondary N) is 3. The van der Waals surface area contributed by atoms with E-state index in [1.165, 1.54) is 32.6 Å². The zero-order chi connectivity index (χ0) is 25.8. The van der Waals surface area contributed by atoms with Crippen molar-refractivity contribution in [1.29, 1.82) is 0 Å². The van der Waals surface area contributed by atoms with Gasteiger partial charge >= 0.3 is 0 Å². The van der Waals surface area contributed by atoms with Crippen molar-refractivity contribution >= 4 is 28.6 Å². The molecule has 1 fully saturated rings. The van der Waals surface area contributed by atoms with Crippen LogP contribution in [0.5, 0.6) is 11.5 Å². The molecule has 0 spiro atoms. The summed E-state index contributed by atoms with van der Waals surface area (Å²) in [6.45, 7) is 6.48. The Bertz CT molecular complexity index is 1280. The summed E-state index contributed by atoms with van der Waals surface area (Å²) in [6.07, 6.45) is 2.72. The van der Waals surface area contributed by atoms with Gasteiger partial charge < -0.3 is 30.2 Å². The van der Waals surface area contributed by atoms with Gasteiger partial charge in [0.25, 0.3) is 0 Å². The number of halogens is 2. The third kappa shape index (κ3) is 4.85. The predicted molar refractivity (Wildman–Crippen MR) is 130 cm³/mol. The maximum atomic E-state index is 15.1. The van der Waals surface area contributed by atoms with Crippen LogP contribution in [0.2, 0.25) is 0 Å². The fourth-order valence-electron chi connectivity index (χ4n) is 3.88.